The van der Waals surface area contributed by atoms with Gasteiger partial charge >= 0.3 is 10.2 Å². The van der Waals surface area contributed by atoms with Crippen molar-refractivity contribution in [3.8, 4) is 0 Å². The lowest BCUT2D eigenvalue weighted by Crippen LogP contribution is -2.48. The molecule has 20 heavy (non-hydrogen) atoms. The molecule has 0 amide bonds. The first-order chi connectivity index (χ1) is 9.46. The van der Waals surface area contributed by atoms with Gasteiger partial charge in [-0.1, -0.05) is 18.2 Å². The molecule has 0 spiro atoms. The molecule has 112 valence electrons. The molecule has 1 aliphatic heterocycles. The number of anilines is 1. The fourth-order valence-corrected chi connectivity index (χ4v) is 4.20. The van der Waals surface area contributed by atoms with Crippen molar-refractivity contribution >= 4 is 15.9 Å². The van der Waals surface area contributed by atoms with Crippen molar-refractivity contribution in [2.45, 2.75) is 19.8 Å². The number of hydrogen-bond donors (Lipinski definition) is 1. The van der Waals surface area contributed by atoms with E-state index in [-0.39, 0.29) is 5.92 Å². The van der Waals surface area contributed by atoms with Gasteiger partial charge in [-0.25, -0.2) is 0 Å². The molecule has 0 saturated carbocycles. The fourth-order valence-electron chi connectivity index (χ4n) is 2.64. The molecule has 0 aliphatic carbocycles. The fraction of sp³-hybridized carbons (Fsp3) is 0.571. The highest BCUT2D eigenvalue weighted by Crippen LogP contribution is 2.25. The minimum Gasteiger partial charge on any atom is -0.330 e. The van der Waals surface area contributed by atoms with E-state index in [1.54, 1.807) is 11.4 Å². The zero-order valence-corrected chi connectivity index (χ0v) is 12.9. The minimum atomic E-state index is -3.47. The maximum Gasteiger partial charge on any atom is 0.303 e. The van der Waals surface area contributed by atoms with Gasteiger partial charge in [0.1, 0.15) is 0 Å². The standard InChI is InChI=1S/C14H23N3O2S/c1-12-6-3-4-8-14(12)16(2)20(18,19)17-9-5-7-13(10-15)11-17/h3-4,6,8,13H,5,7,9-11,15H2,1-2H3. The Bertz CT molecular complexity index is 559. The van der Waals surface area contributed by atoms with E-state index >= 15 is 0 Å². The number of rotatable bonds is 4. The quantitative estimate of drug-likeness (QED) is 0.912. The monoisotopic (exact) mass is 297 g/mol. The number of nitrogens with zero attached hydrogens (tertiary/aromatic N) is 2. The number of hydrogen-bond acceptors (Lipinski definition) is 3. The third kappa shape index (κ3) is 2.97. The van der Waals surface area contributed by atoms with Crippen molar-refractivity contribution in [1.82, 2.24) is 4.31 Å². The van der Waals surface area contributed by atoms with Gasteiger partial charge in [-0.05, 0) is 43.9 Å². The Morgan fingerprint density at radius 2 is 2.10 bits per heavy atom. The maximum atomic E-state index is 12.7. The summed E-state index contributed by atoms with van der Waals surface area (Å²) in [5, 5.41) is 0. The molecule has 1 heterocycles. The van der Waals surface area contributed by atoms with Crippen molar-refractivity contribution < 1.29 is 8.42 Å². The number of aryl methyl sites for hydroxylation is 1. The van der Waals surface area contributed by atoms with Crippen molar-refractivity contribution in [3.05, 3.63) is 29.8 Å². The molecule has 6 heteroatoms. The van der Waals surface area contributed by atoms with Gasteiger partial charge in [-0.3, -0.25) is 4.31 Å². The summed E-state index contributed by atoms with van der Waals surface area (Å²) in [6.07, 6.45) is 1.89. The molecule has 2 N–H and O–H groups in total. The lowest BCUT2D eigenvalue weighted by molar-refractivity contribution is 0.271. The molecule has 2 rings (SSSR count). The van der Waals surface area contributed by atoms with Gasteiger partial charge in [0.05, 0.1) is 5.69 Å². The predicted molar refractivity (Wildman–Crippen MR) is 81.9 cm³/mol. The van der Waals surface area contributed by atoms with Crippen LogP contribution in [0.1, 0.15) is 18.4 Å². The highest BCUT2D eigenvalue weighted by atomic mass is 32.2. The van der Waals surface area contributed by atoms with E-state index in [4.69, 9.17) is 5.73 Å². The van der Waals surface area contributed by atoms with Crippen molar-refractivity contribution in [3.63, 3.8) is 0 Å². The Hall–Kier alpha value is -1.11. The molecule has 1 aliphatic rings. The zero-order chi connectivity index (χ0) is 14.8. The molecule has 1 aromatic rings. The van der Waals surface area contributed by atoms with Crippen LogP contribution in [0.3, 0.4) is 0 Å². The molecule has 1 saturated heterocycles. The molecule has 0 aromatic heterocycles. The summed E-state index contributed by atoms with van der Waals surface area (Å²) in [5.74, 6) is 0.267. The Morgan fingerprint density at radius 1 is 1.40 bits per heavy atom. The summed E-state index contributed by atoms with van der Waals surface area (Å²) in [6.45, 7) is 3.56. The Kier molecular flexibility index (Phi) is 4.67. The third-order valence-corrected chi connectivity index (χ3v) is 5.82. The average molecular weight is 297 g/mol. The van der Waals surface area contributed by atoms with Crippen LogP contribution in [-0.4, -0.2) is 39.4 Å². The summed E-state index contributed by atoms with van der Waals surface area (Å²) in [4.78, 5) is 0. The zero-order valence-electron chi connectivity index (χ0n) is 12.1. The van der Waals surface area contributed by atoms with Gasteiger partial charge in [0, 0.05) is 20.1 Å². The molecule has 5 nitrogen and oxygen atoms in total. The second-order valence-corrected chi connectivity index (χ2v) is 7.32. The van der Waals surface area contributed by atoms with Crippen LogP contribution in [0, 0.1) is 12.8 Å². The molecular weight excluding hydrogens is 274 g/mol. The third-order valence-electron chi connectivity index (χ3n) is 3.94. The van der Waals surface area contributed by atoms with Crippen LogP contribution in [0.5, 0.6) is 0 Å². The highest BCUT2D eigenvalue weighted by molar-refractivity contribution is 7.90. The van der Waals surface area contributed by atoms with Crippen LogP contribution in [-0.2, 0) is 10.2 Å². The van der Waals surface area contributed by atoms with Gasteiger partial charge in [0.15, 0.2) is 0 Å². The normalized spacial score (nSPS) is 20.9. The van der Waals surface area contributed by atoms with Crippen LogP contribution >= 0.6 is 0 Å². The first kappa shape index (κ1) is 15.3. The lowest BCUT2D eigenvalue weighted by atomic mass is 10.0. The Labute approximate surface area is 121 Å². The SMILES string of the molecule is Cc1ccccc1N(C)S(=O)(=O)N1CCCC(CN)C1. The largest absolute Gasteiger partial charge is 0.330 e. The molecule has 1 fully saturated rings. The van der Waals surface area contributed by atoms with Gasteiger partial charge in [0.25, 0.3) is 0 Å². The lowest BCUT2D eigenvalue weighted by Gasteiger charge is -2.34. The molecular formula is C14H23N3O2S. The van der Waals surface area contributed by atoms with Crippen molar-refractivity contribution in [2.24, 2.45) is 11.7 Å². The number of piperidine rings is 1. The predicted octanol–water partition coefficient (Wildman–Crippen LogP) is 1.35. The summed E-state index contributed by atoms with van der Waals surface area (Å²) in [6, 6.07) is 7.51. The van der Waals surface area contributed by atoms with Crippen LogP contribution in [0.15, 0.2) is 24.3 Å². The van der Waals surface area contributed by atoms with E-state index in [9.17, 15) is 8.42 Å². The van der Waals surface area contributed by atoms with Crippen LogP contribution in [0.2, 0.25) is 0 Å². The molecule has 0 bridgehead atoms. The van der Waals surface area contributed by atoms with Crippen molar-refractivity contribution in [2.75, 3.05) is 31.0 Å². The average Bonchev–Trinajstić information content (AvgIpc) is 2.47. The number of para-hydroxylation sites is 1. The highest BCUT2D eigenvalue weighted by Gasteiger charge is 2.32. The van der Waals surface area contributed by atoms with E-state index in [1.807, 2.05) is 31.2 Å². The summed E-state index contributed by atoms with van der Waals surface area (Å²) >= 11 is 0. The first-order valence-electron chi connectivity index (χ1n) is 6.96. The number of nitrogens with two attached hydrogens (primary N) is 1. The van der Waals surface area contributed by atoms with Gasteiger partial charge in [-0.2, -0.15) is 12.7 Å². The maximum absolute atomic E-state index is 12.7. The van der Waals surface area contributed by atoms with Gasteiger partial charge in [-0.15, -0.1) is 0 Å². The van der Waals surface area contributed by atoms with E-state index in [0.29, 0.717) is 19.6 Å². The topological polar surface area (TPSA) is 66.6 Å². The molecule has 0 radical (unpaired) electrons. The van der Waals surface area contributed by atoms with Crippen LogP contribution < -0.4 is 10.0 Å². The summed E-state index contributed by atoms with van der Waals surface area (Å²) in [5.41, 5.74) is 7.36. The second kappa shape index (κ2) is 6.11. The minimum absolute atomic E-state index is 0.267. The van der Waals surface area contributed by atoms with Gasteiger partial charge < -0.3 is 5.73 Å². The smallest absolute Gasteiger partial charge is 0.303 e. The van der Waals surface area contributed by atoms with E-state index < -0.39 is 10.2 Å². The van der Waals surface area contributed by atoms with E-state index in [2.05, 4.69) is 0 Å². The van der Waals surface area contributed by atoms with Crippen molar-refractivity contribution in [1.29, 1.82) is 0 Å². The molecule has 1 aromatic carbocycles. The second-order valence-electron chi connectivity index (χ2n) is 5.36. The number of benzene rings is 1. The molecule has 1 atom stereocenters. The molecule has 1 unspecified atom stereocenters. The van der Waals surface area contributed by atoms with Crippen LogP contribution in [0.4, 0.5) is 5.69 Å². The summed E-state index contributed by atoms with van der Waals surface area (Å²) in [7, 11) is -1.85. The first-order valence-corrected chi connectivity index (χ1v) is 8.36. The Balaban J connectivity index is 2.24. The Morgan fingerprint density at radius 3 is 2.75 bits per heavy atom. The van der Waals surface area contributed by atoms with Crippen LogP contribution in [0.25, 0.3) is 0 Å². The van der Waals surface area contributed by atoms with E-state index in [1.165, 1.54) is 4.31 Å². The van der Waals surface area contributed by atoms with Gasteiger partial charge in [0.2, 0.25) is 0 Å². The summed E-state index contributed by atoms with van der Waals surface area (Å²) < 4.78 is 28.4. The van der Waals surface area contributed by atoms with E-state index in [0.717, 1.165) is 24.1 Å².